The molecular weight excluding hydrogens is 335 g/mol. The molecule has 25 heavy (non-hydrogen) atoms. The van der Waals surface area contributed by atoms with Crippen molar-refractivity contribution in [3.63, 3.8) is 0 Å². The second-order valence-electron chi connectivity index (χ2n) is 6.62. The van der Waals surface area contributed by atoms with Crippen molar-refractivity contribution in [2.24, 2.45) is 4.99 Å². The Bertz CT molecular complexity index is 558. The summed E-state index contributed by atoms with van der Waals surface area (Å²) in [7, 11) is 3.99. The number of hydrogen-bond donors (Lipinski definition) is 2. The predicted octanol–water partition coefficient (Wildman–Crippen LogP) is 3.23. The molecular formula is C19H31FN4S. The van der Waals surface area contributed by atoms with Gasteiger partial charge < -0.3 is 15.5 Å². The Morgan fingerprint density at radius 1 is 1.28 bits per heavy atom. The van der Waals surface area contributed by atoms with Gasteiger partial charge in [-0.1, -0.05) is 18.9 Å². The van der Waals surface area contributed by atoms with Gasteiger partial charge in [-0.05, 0) is 49.4 Å². The number of rotatable bonds is 8. The normalized spacial score (nSPS) is 15.8. The van der Waals surface area contributed by atoms with Crippen molar-refractivity contribution in [2.45, 2.75) is 44.0 Å². The van der Waals surface area contributed by atoms with E-state index in [0.29, 0.717) is 6.54 Å². The summed E-state index contributed by atoms with van der Waals surface area (Å²) in [5.41, 5.74) is 2.15. The van der Waals surface area contributed by atoms with E-state index in [9.17, 15) is 4.39 Å². The van der Waals surface area contributed by atoms with Gasteiger partial charge >= 0.3 is 0 Å². The number of nitrogens with zero attached hydrogens (tertiary/aromatic N) is 2. The Hall–Kier alpha value is -1.27. The summed E-state index contributed by atoms with van der Waals surface area (Å²) in [5, 5.41) is 6.71. The van der Waals surface area contributed by atoms with Crippen molar-refractivity contribution in [2.75, 3.05) is 33.4 Å². The van der Waals surface area contributed by atoms with E-state index >= 15 is 0 Å². The number of hydrogen-bond acceptors (Lipinski definition) is 3. The first kappa shape index (κ1) is 20.0. The van der Waals surface area contributed by atoms with E-state index in [1.165, 1.54) is 31.7 Å². The number of guanidine groups is 1. The molecule has 0 heterocycles. The quantitative estimate of drug-likeness (QED) is 0.547. The van der Waals surface area contributed by atoms with E-state index in [0.717, 1.165) is 42.0 Å². The second-order valence-corrected chi connectivity index (χ2v) is 7.48. The van der Waals surface area contributed by atoms with Gasteiger partial charge in [-0.2, -0.15) is 11.8 Å². The molecule has 140 valence electrons. The molecule has 1 aromatic rings. The first-order valence-electron chi connectivity index (χ1n) is 9.05. The molecule has 1 saturated carbocycles. The minimum Gasteiger partial charge on any atom is -0.355 e. The van der Waals surface area contributed by atoms with Crippen LogP contribution in [0.15, 0.2) is 23.2 Å². The molecule has 0 aromatic heterocycles. The van der Waals surface area contributed by atoms with Gasteiger partial charge in [-0.15, -0.1) is 0 Å². The van der Waals surface area contributed by atoms with Gasteiger partial charge in [0.15, 0.2) is 5.96 Å². The van der Waals surface area contributed by atoms with Gasteiger partial charge in [0.25, 0.3) is 0 Å². The molecule has 0 unspecified atom stereocenters. The summed E-state index contributed by atoms with van der Waals surface area (Å²) in [6.45, 7) is 2.53. The Morgan fingerprint density at radius 2 is 2.04 bits per heavy atom. The van der Waals surface area contributed by atoms with Crippen LogP contribution in [0, 0.1) is 5.82 Å². The Balaban J connectivity index is 1.78. The van der Waals surface area contributed by atoms with Crippen molar-refractivity contribution in [3.8, 4) is 0 Å². The van der Waals surface area contributed by atoms with Gasteiger partial charge in [-0.25, -0.2) is 4.39 Å². The van der Waals surface area contributed by atoms with E-state index in [1.807, 2.05) is 12.3 Å². The van der Waals surface area contributed by atoms with Crippen LogP contribution in [-0.4, -0.2) is 50.3 Å². The largest absolute Gasteiger partial charge is 0.355 e. The van der Waals surface area contributed by atoms with Crippen molar-refractivity contribution in [1.29, 1.82) is 0 Å². The predicted molar refractivity (Wildman–Crippen MR) is 107 cm³/mol. The number of likely N-dealkylation sites (N-methyl/N-ethyl adjacent to an activating group) is 1. The summed E-state index contributed by atoms with van der Waals surface area (Å²) < 4.78 is 13.4. The zero-order valence-electron chi connectivity index (χ0n) is 15.6. The number of benzene rings is 1. The molecule has 0 amide bonds. The minimum atomic E-state index is -0.176. The van der Waals surface area contributed by atoms with Gasteiger partial charge in [0, 0.05) is 38.5 Å². The minimum absolute atomic E-state index is 0.176. The van der Waals surface area contributed by atoms with Crippen LogP contribution in [0.4, 0.5) is 4.39 Å². The van der Waals surface area contributed by atoms with Crippen LogP contribution in [0.2, 0.25) is 0 Å². The summed E-state index contributed by atoms with van der Waals surface area (Å²) >= 11 is 1.70. The fourth-order valence-electron chi connectivity index (χ4n) is 3.33. The second kappa shape index (κ2) is 10.7. The number of halogens is 1. The third-order valence-electron chi connectivity index (χ3n) is 4.84. The van der Waals surface area contributed by atoms with E-state index in [4.69, 9.17) is 0 Å². The first-order valence-corrected chi connectivity index (χ1v) is 10.4. The molecule has 1 fully saturated rings. The Morgan fingerprint density at radius 3 is 2.72 bits per heavy atom. The highest BCUT2D eigenvalue weighted by Crippen LogP contribution is 2.21. The van der Waals surface area contributed by atoms with Crippen LogP contribution in [0.5, 0.6) is 0 Å². The molecule has 1 aliphatic carbocycles. The topological polar surface area (TPSA) is 39.7 Å². The summed E-state index contributed by atoms with van der Waals surface area (Å²) in [5.74, 6) is 1.43. The molecule has 0 atom stereocenters. The molecule has 4 nitrogen and oxygen atoms in total. The molecule has 0 bridgehead atoms. The van der Waals surface area contributed by atoms with Crippen molar-refractivity contribution in [3.05, 3.63) is 35.1 Å². The van der Waals surface area contributed by atoms with E-state index in [-0.39, 0.29) is 5.82 Å². The lowest BCUT2D eigenvalue weighted by molar-refractivity contribution is 0.249. The molecule has 2 rings (SSSR count). The monoisotopic (exact) mass is 366 g/mol. The lowest BCUT2D eigenvalue weighted by Crippen LogP contribution is -2.42. The average Bonchev–Trinajstić information content (AvgIpc) is 3.14. The summed E-state index contributed by atoms with van der Waals surface area (Å²) in [4.78, 5) is 6.74. The third kappa shape index (κ3) is 6.51. The summed E-state index contributed by atoms with van der Waals surface area (Å²) in [6, 6.07) is 5.74. The van der Waals surface area contributed by atoms with Gasteiger partial charge in [-0.3, -0.25) is 4.99 Å². The maximum Gasteiger partial charge on any atom is 0.191 e. The summed E-state index contributed by atoms with van der Waals surface area (Å²) in [6.07, 6.45) is 7.41. The SMILES string of the molecule is CN=C(NCCN(C)C1CCCC1)NCc1ccc(F)cc1CSC. The van der Waals surface area contributed by atoms with Crippen LogP contribution >= 0.6 is 11.8 Å². The average molecular weight is 367 g/mol. The molecule has 0 saturated heterocycles. The fourth-order valence-corrected chi connectivity index (χ4v) is 3.91. The molecule has 1 aliphatic rings. The number of thioether (sulfide) groups is 1. The van der Waals surface area contributed by atoms with E-state index in [1.54, 1.807) is 24.9 Å². The van der Waals surface area contributed by atoms with Crippen LogP contribution in [-0.2, 0) is 12.3 Å². The maximum absolute atomic E-state index is 13.4. The third-order valence-corrected chi connectivity index (χ3v) is 5.44. The van der Waals surface area contributed by atoms with Crippen molar-refractivity contribution >= 4 is 17.7 Å². The molecule has 2 N–H and O–H groups in total. The molecule has 6 heteroatoms. The highest BCUT2D eigenvalue weighted by Gasteiger charge is 2.18. The highest BCUT2D eigenvalue weighted by atomic mass is 32.2. The molecule has 0 spiro atoms. The van der Waals surface area contributed by atoms with E-state index in [2.05, 4.69) is 27.6 Å². The fraction of sp³-hybridized carbons (Fsp3) is 0.632. The van der Waals surface area contributed by atoms with Crippen LogP contribution < -0.4 is 10.6 Å². The van der Waals surface area contributed by atoms with Crippen molar-refractivity contribution < 1.29 is 4.39 Å². The zero-order valence-corrected chi connectivity index (χ0v) is 16.5. The Kier molecular flexibility index (Phi) is 8.55. The Labute approximate surface area is 155 Å². The van der Waals surface area contributed by atoms with Crippen LogP contribution in [0.3, 0.4) is 0 Å². The number of aliphatic imine (C=N–C) groups is 1. The molecule has 0 aliphatic heterocycles. The maximum atomic E-state index is 13.4. The lowest BCUT2D eigenvalue weighted by Gasteiger charge is -2.24. The zero-order chi connectivity index (χ0) is 18.1. The molecule has 0 radical (unpaired) electrons. The lowest BCUT2D eigenvalue weighted by atomic mass is 10.1. The molecule has 1 aromatic carbocycles. The van der Waals surface area contributed by atoms with E-state index < -0.39 is 0 Å². The van der Waals surface area contributed by atoms with Gasteiger partial charge in [0.2, 0.25) is 0 Å². The van der Waals surface area contributed by atoms with Gasteiger partial charge in [0.05, 0.1) is 0 Å². The first-order chi connectivity index (χ1) is 12.1. The highest BCUT2D eigenvalue weighted by molar-refractivity contribution is 7.97. The van der Waals surface area contributed by atoms with Crippen molar-refractivity contribution in [1.82, 2.24) is 15.5 Å². The number of nitrogens with one attached hydrogen (secondary N) is 2. The standard InChI is InChI=1S/C19H31FN4S/c1-21-19(22-10-11-24(2)18-6-4-5-7-18)23-13-15-8-9-17(20)12-16(15)14-25-3/h8-9,12,18H,4-7,10-11,13-14H2,1-3H3,(H2,21,22,23). The smallest absolute Gasteiger partial charge is 0.191 e. The van der Waals surface area contributed by atoms with Crippen LogP contribution in [0.25, 0.3) is 0 Å². The van der Waals surface area contributed by atoms with Gasteiger partial charge in [0.1, 0.15) is 5.82 Å². The van der Waals surface area contributed by atoms with Crippen LogP contribution in [0.1, 0.15) is 36.8 Å².